The van der Waals surface area contributed by atoms with Gasteiger partial charge in [-0.3, -0.25) is 4.79 Å². The first-order valence-electron chi connectivity index (χ1n) is 8.37. The third-order valence-corrected chi connectivity index (χ3v) is 5.14. The number of anilines is 1. The molecule has 0 radical (unpaired) electrons. The third-order valence-electron chi connectivity index (χ3n) is 4.25. The molecular formula is C20H17N3O2S. The average molecular weight is 363 g/mol. The molecule has 0 bridgehead atoms. The molecule has 0 fully saturated rings. The van der Waals surface area contributed by atoms with Crippen LogP contribution in [0.1, 0.15) is 23.0 Å². The molecule has 1 aromatic carbocycles. The molecule has 4 aromatic rings. The molecule has 0 aliphatic carbocycles. The maximum atomic E-state index is 13.4. The van der Waals surface area contributed by atoms with Crippen molar-refractivity contribution in [3.8, 4) is 10.6 Å². The van der Waals surface area contributed by atoms with E-state index in [-0.39, 0.29) is 5.91 Å². The molecule has 1 amide bonds. The fourth-order valence-corrected chi connectivity index (χ4v) is 3.70. The van der Waals surface area contributed by atoms with E-state index in [1.165, 1.54) is 0 Å². The quantitative estimate of drug-likeness (QED) is 0.516. The summed E-state index contributed by atoms with van der Waals surface area (Å²) in [6, 6.07) is 15.4. The lowest BCUT2D eigenvalue weighted by molar-refractivity contribution is 0.0990. The predicted octanol–water partition coefficient (Wildman–Crippen LogP) is 4.93. The van der Waals surface area contributed by atoms with E-state index in [0.717, 1.165) is 16.3 Å². The summed E-state index contributed by atoms with van der Waals surface area (Å²) in [4.78, 5) is 20.7. The molecule has 0 spiro atoms. The number of hydrogen-bond acceptors (Lipinski definition) is 5. The number of aromatic nitrogens is 2. The fraction of sp³-hybridized carbons (Fsp3) is 0.150. The zero-order valence-electron chi connectivity index (χ0n) is 14.5. The summed E-state index contributed by atoms with van der Waals surface area (Å²) in [5, 5.41) is 6.67. The maximum Gasteiger partial charge on any atom is 0.259 e. The van der Waals surface area contributed by atoms with Gasteiger partial charge in [0.15, 0.2) is 0 Å². The third kappa shape index (κ3) is 2.78. The molecule has 5 nitrogen and oxygen atoms in total. The molecule has 4 rings (SSSR count). The lowest BCUT2D eigenvalue weighted by Crippen LogP contribution is -2.30. The summed E-state index contributed by atoms with van der Waals surface area (Å²) < 4.78 is 5.37. The Balaban J connectivity index is 1.89. The Morgan fingerprint density at radius 3 is 2.69 bits per heavy atom. The number of fused-ring (bicyclic) bond motifs is 1. The Morgan fingerprint density at radius 2 is 2.00 bits per heavy atom. The van der Waals surface area contributed by atoms with Gasteiger partial charge in [-0.1, -0.05) is 29.4 Å². The standard InChI is InChI=1S/C20H17N3O2S/c1-3-23(14-8-5-4-6-9-14)20(24)15-12-16(17-10-7-11-26-17)21-19-18(15)13(2)22-25-19/h4-12H,3H2,1-2H3. The molecule has 26 heavy (non-hydrogen) atoms. The van der Waals surface area contributed by atoms with Gasteiger partial charge >= 0.3 is 0 Å². The predicted molar refractivity (Wildman–Crippen MR) is 104 cm³/mol. The SMILES string of the molecule is CCN(C(=O)c1cc(-c2cccs2)nc2onc(C)c12)c1ccccc1. The summed E-state index contributed by atoms with van der Waals surface area (Å²) in [5.41, 5.74) is 3.19. The summed E-state index contributed by atoms with van der Waals surface area (Å²) in [7, 11) is 0. The lowest BCUT2D eigenvalue weighted by atomic mass is 10.1. The van der Waals surface area contributed by atoms with E-state index in [4.69, 9.17) is 4.52 Å². The number of carbonyl (C=O) groups excluding carboxylic acids is 1. The summed E-state index contributed by atoms with van der Waals surface area (Å²) in [5.74, 6) is -0.0878. The minimum Gasteiger partial charge on any atom is -0.335 e. The average Bonchev–Trinajstić information content (AvgIpc) is 3.33. The zero-order valence-corrected chi connectivity index (χ0v) is 15.3. The Kier molecular flexibility index (Phi) is 4.26. The van der Waals surface area contributed by atoms with Gasteiger partial charge in [-0.05, 0) is 43.5 Å². The van der Waals surface area contributed by atoms with Crippen molar-refractivity contribution in [3.63, 3.8) is 0 Å². The molecule has 130 valence electrons. The van der Waals surface area contributed by atoms with Crippen molar-refractivity contribution in [3.05, 3.63) is 65.2 Å². The van der Waals surface area contributed by atoms with Crippen LogP contribution in [0.15, 0.2) is 58.4 Å². The smallest absolute Gasteiger partial charge is 0.259 e. The minimum atomic E-state index is -0.0878. The lowest BCUT2D eigenvalue weighted by Gasteiger charge is -2.21. The Bertz CT molecular complexity index is 1060. The van der Waals surface area contributed by atoms with Crippen LogP contribution in [0, 0.1) is 6.92 Å². The summed E-state index contributed by atoms with van der Waals surface area (Å²) in [6.07, 6.45) is 0. The van der Waals surface area contributed by atoms with E-state index in [2.05, 4.69) is 10.1 Å². The van der Waals surface area contributed by atoms with Crippen LogP contribution in [-0.4, -0.2) is 22.6 Å². The van der Waals surface area contributed by atoms with Crippen molar-refractivity contribution in [1.29, 1.82) is 0 Å². The van der Waals surface area contributed by atoms with E-state index in [1.54, 1.807) is 16.2 Å². The van der Waals surface area contributed by atoms with Gasteiger partial charge in [0.25, 0.3) is 11.6 Å². The van der Waals surface area contributed by atoms with Crippen molar-refractivity contribution in [1.82, 2.24) is 10.1 Å². The molecule has 3 heterocycles. The molecule has 0 aliphatic heterocycles. The van der Waals surface area contributed by atoms with Crippen molar-refractivity contribution in [2.24, 2.45) is 0 Å². The molecule has 0 aliphatic rings. The number of thiophene rings is 1. The van der Waals surface area contributed by atoms with Crippen LogP contribution < -0.4 is 4.90 Å². The fourth-order valence-electron chi connectivity index (χ4n) is 3.01. The number of benzene rings is 1. The number of pyridine rings is 1. The van der Waals surface area contributed by atoms with E-state index in [9.17, 15) is 4.79 Å². The van der Waals surface area contributed by atoms with Crippen molar-refractivity contribution < 1.29 is 9.32 Å². The largest absolute Gasteiger partial charge is 0.335 e. The van der Waals surface area contributed by atoms with Crippen molar-refractivity contribution >= 4 is 34.0 Å². The number of hydrogen-bond donors (Lipinski definition) is 0. The molecule has 3 aromatic heterocycles. The number of rotatable bonds is 4. The molecule has 0 unspecified atom stereocenters. The zero-order chi connectivity index (χ0) is 18.1. The van der Waals surface area contributed by atoms with Crippen LogP contribution in [-0.2, 0) is 0 Å². The van der Waals surface area contributed by atoms with Gasteiger partial charge in [-0.25, -0.2) is 4.98 Å². The van der Waals surface area contributed by atoms with Crippen LogP contribution in [0.2, 0.25) is 0 Å². The maximum absolute atomic E-state index is 13.4. The number of aryl methyl sites for hydroxylation is 1. The monoisotopic (exact) mass is 363 g/mol. The molecule has 0 saturated heterocycles. The molecule has 0 N–H and O–H groups in total. The second-order valence-electron chi connectivity index (χ2n) is 5.87. The minimum absolute atomic E-state index is 0.0878. The first kappa shape index (κ1) is 16.5. The Labute approximate surface area is 154 Å². The molecule has 0 saturated carbocycles. The highest BCUT2D eigenvalue weighted by Crippen LogP contribution is 2.30. The van der Waals surface area contributed by atoms with Crippen molar-refractivity contribution in [2.45, 2.75) is 13.8 Å². The van der Waals surface area contributed by atoms with Gasteiger partial charge in [0.05, 0.1) is 27.2 Å². The first-order valence-corrected chi connectivity index (χ1v) is 9.25. The normalized spacial score (nSPS) is 11.0. The Hall–Kier alpha value is -2.99. The highest BCUT2D eigenvalue weighted by Gasteiger charge is 2.23. The summed E-state index contributed by atoms with van der Waals surface area (Å²) in [6.45, 7) is 4.35. The molecular weight excluding hydrogens is 346 g/mol. The van der Waals surface area contributed by atoms with Crippen LogP contribution in [0.3, 0.4) is 0 Å². The Morgan fingerprint density at radius 1 is 1.19 bits per heavy atom. The number of amides is 1. The number of nitrogens with zero attached hydrogens (tertiary/aromatic N) is 3. The van der Waals surface area contributed by atoms with Gasteiger partial charge in [0.2, 0.25) is 0 Å². The number of para-hydroxylation sites is 1. The highest BCUT2D eigenvalue weighted by atomic mass is 32.1. The van der Waals surface area contributed by atoms with Gasteiger partial charge in [-0.15, -0.1) is 11.3 Å². The van der Waals surface area contributed by atoms with E-state index >= 15 is 0 Å². The topological polar surface area (TPSA) is 59.2 Å². The second-order valence-corrected chi connectivity index (χ2v) is 6.81. The van der Waals surface area contributed by atoms with Gasteiger partial charge in [0, 0.05) is 12.2 Å². The van der Waals surface area contributed by atoms with Gasteiger partial charge < -0.3 is 9.42 Å². The first-order chi connectivity index (χ1) is 12.7. The second kappa shape index (κ2) is 6.72. The van der Waals surface area contributed by atoms with Gasteiger partial charge in [-0.2, -0.15) is 0 Å². The van der Waals surface area contributed by atoms with Crippen LogP contribution in [0.5, 0.6) is 0 Å². The highest BCUT2D eigenvalue weighted by molar-refractivity contribution is 7.13. The van der Waals surface area contributed by atoms with Crippen molar-refractivity contribution in [2.75, 3.05) is 11.4 Å². The number of carbonyl (C=O) groups is 1. The van der Waals surface area contributed by atoms with E-state index in [1.807, 2.05) is 67.8 Å². The van der Waals surface area contributed by atoms with E-state index < -0.39 is 0 Å². The molecule has 6 heteroatoms. The van der Waals surface area contributed by atoms with Crippen LogP contribution in [0.25, 0.3) is 21.7 Å². The molecule has 0 atom stereocenters. The van der Waals surface area contributed by atoms with Gasteiger partial charge in [0.1, 0.15) is 0 Å². The van der Waals surface area contributed by atoms with Crippen LogP contribution >= 0.6 is 11.3 Å². The van der Waals surface area contributed by atoms with E-state index in [0.29, 0.717) is 28.9 Å². The van der Waals surface area contributed by atoms with Crippen LogP contribution in [0.4, 0.5) is 5.69 Å². The summed E-state index contributed by atoms with van der Waals surface area (Å²) >= 11 is 1.57.